The third kappa shape index (κ3) is 4.54. The predicted molar refractivity (Wildman–Crippen MR) is 108 cm³/mol. The fourth-order valence-electron chi connectivity index (χ4n) is 3.76. The van der Waals surface area contributed by atoms with E-state index in [1.165, 1.54) is 0 Å². The minimum atomic E-state index is -4.62. The lowest BCUT2D eigenvalue weighted by Gasteiger charge is -2.17. The highest BCUT2D eigenvalue weighted by Crippen LogP contribution is 2.35. The van der Waals surface area contributed by atoms with Gasteiger partial charge in [-0.25, -0.2) is 4.98 Å². The van der Waals surface area contributed by atoms with Gasteiger partial charge in [0.15, 0.2) is 0 Å². The van der Waals surface area contributed by atoms with Gasteiger partial charge in [-0.15, -0.1) is 0 Å². The molecule has 1 fully saturated rings. The Kier molecular flexibility index (Phi) is 5.42. The van der Waals surface area contributed by atoms with Crippen molar-refractivity contribution in [3.63, 3.8) is 0 Å². The maximum absolute atomic E-state index is 13.4. The smallest absolute Gasteiger partial charge is 0.369 e. The summed E-state index contributed by atoms with van der Waals surface area (Å²) in [6.45, 7) is 3.13. The van der Waals surface area contributed by atoms with Gasteiger partial charge < -0.3 is 20.9 Å². The number of nitrogens with one attached hydrogen (secondary N) is 3. The van der Waals surface area contributed by atoms with Crippen molar-refractivity contribution in [3.05, 3.63) is 35.5 Å². The van der Waals surface area contributed by atoms with E-state index in [-0.39, 0.29) is 42.5 Å². The summed E-state index contributed by atoms with van der Waals surface area (Å²) in [4.78, 5) is 32.9. The number of hydrogen-bond acceptors (Lipinski definition) is 6. The lowest BCUT2D eigenvalue weighted by Crippen LogP contribution is -2.26. The third-order valence-electron chi connectivity index (χ3n) is 5.32. The zero-order valence-corrected chi connectivity index (χ0v) is 16.7. The molecule has 2 aliphatic heterocycles. The summed E-state index contributed by atoms with van der Waals surface area (Å²) in [6.07, 6.45) is -3.36. The van der Waals surface area contributed by atoms with Gasteiger partial charge in [-0.05, 0) is 30.7 Å². The molecule has 31 heavy (non-hydrogen) atoms. The summed E-state index contributed by atoms with van der Waals surface area (Å²) in [5, 5.41) is 8.36. The normalized spacial score (nSPS) is 18.2. The summed E-state index contributed by atoms with van der Waals surface area (Å²) in [6, 6.07) is 5.12. The van der Waals surface area contributed by atoms with E-state index in [2.05, 4.69) is 25.9 Å². The molecule has 1 aromatic heterocycles. The second-order valence-corrected chi connectivity index (χ2v) is 7.56. The number of nitrogens with zero attached hydrogens (tertiary/aromatic N) is 3. The predicted octanol–water partition coefficient (Wildman–Crippen LogP) is 3.01. The molecule has 2 aliphatic rings. The Morgan fingerprint density at radius 3 is 2.81 bits per heavy atom. The highest BCUT2D eigenvalue weighted by molar-refractivity contribution is 5.99. The number of halogens is 3. The summed E-state index contributed by atoms with van der Waals surface area (Å²) < 4.78 is 40.3. The quantitative estimate of drug-likeness (QED) is 0.647. The number of fused-ring (bicyclic) bond motifs is 1. The Bertz CT molecular complexity index is 1030. The molecule has 1 atom stereocenters. The summed E-state index contributed by atoms with van der Waals surface area (Å²) in [7, 11) is 0. The zero-order chi connectivity index (χ0) is 22.2. The number of rotatable bonds is 6. The third-order valence-corrected chi connectivity index (χ3v) is 5.32. The number of hydrogen-bond donors (Lipinski definition) is 3. The molecule has 1 aromatic carbocycles. The van der Waals surface area contributed by atoms with E-state index in [9.17, 15) is 22.8 Å². The highest BCUT2D eigenvalue weighted by Gasteiger charge is 2.36. The average molecular weight is 434 g/mol. The summed E-state index contributed by atoms with van der Waals surface area (Å²) in [5.74, 6) is -0.561. The van der Waals surface area contributed by atoms with Crippen LogP contribution in [0.3, 0.4) is 0 Å². The standard InChI is InChI=1S/C20H21F3N6O2/c1-2-29-10-11(5-17(29)31)8-24-18-14(20(21,22)23)9-25-19(28-18)26-13-3-4-15-12(6-13)7-16(30)27-15/h3-4,6,9,11H,2,5,7-8,10H2,1H3,(H,27,30)(H2,24,25,26,28). The molecule has 4 rings (SSSR count). The molecule has 0 radical (unpaired) electrons. The Hall–Kier alpha value is -3.37. The average Bonchev–Trinajstić information content (AvgIpc) is 3.26. The fourth-order valence-corrected chi connectivity index (χ4v) is 3.76. The molecule has 1 saturated heterocycles. The summed E-state index contributed by atoms with van der Waals surface area (Å²) >= 11 is 0. The molecular formula is C20H21F3N6O2. The lowest BCUT2D eigenvalue weighted by atomic mass is 10.1. The van der Waals surface area contributed by atoms with Crippen LogP contribution in [0.15, 0.2) is 24.4 Å². The number of carbonyl (C=O) groups is 2. The highest BCUT2D eigenvalue weighted by atomic mass is 19.4. The largest absolute Gasteiger partial charge is 0.421 e. The first-order valence-corrected chi connectivity index (χ1v) is 9.88. The number of aromatic nitrogens is 2. The Labute approximate surface area is 176 Å². The van der Waals surface area contributed by atoms with Crippen LogP contribution in [0.25, 0.3) is 0 Å². The Morgan fingerprint density at radius 2 is 2.10 bits per heavy atom. The molecule has 0 aliphatic carbocycles. The molecule has 1 unspecified atom stereocenters. The van der Waals surface area contributed by atoms with Crippen LogP contribution in [-0.2, 0) is 22.2 Å². The fraction of sp³-hybridized carbons (Fsp3) is 0.400. The molecular weight excluding hydrogens is 413 g/mol. The Balaban J connectivity index is 1.52. The number of carbonyl (C=O) groups excluding carboxylic acids is 2. The van der Waals surface area contributed by atoms with Crippen molar-refractivity contribution in [2.45, 2.75) is 25.9 Å². The molecule has 164 valence electrons. The van der Waals surface area contributed by atoms with Crippen molar-refractivity contribution < 1.29 is 22.8 Å². The van der Waals surface area contributed by atoms with E-state index in [1.54, 1.807) is 23.1 Å². The first-order valence-electron chi connectivity index (χ1n) is 9.88. The van der Waals surface area contributed by atoms with Crippen molar-refractivity contribution in [2.24, 2.45) is 5.92 Å². The molecule has 11 heteroatoms. The molecule has 0 bridgehead atoms. The van der Waals surface area contributed by atoms with Crippen LogP contribution in [0.2, 0.25) is 0 Å². The lowest BCUT2D eigenvalue weighted by molar-refractivity contribution is -0.137. The van der Waals surface area contributed by atoms with Crippen LogP contribution < -0.4 is 16.0 Å². The molecule has 8 nitrogen and oxygen atoms in total. The van der Waals surface area contributed by atoms with Crippen LogP contribution in [0.4, 0.5) is 36.3 Å². The number of alkyl halides is 3. The van der Waals surface area contributed by atoms with Gasteiger partial charge in [0.05, 0.1) is 6.42 Å². The van der Waals surface area contributed by atoms with Gasteiger partial charge in [-0.3, -0.25) is 9.59 Å². The molecule has 0 spiro atoms. The molecule has 2 aromatic rings. The minimum Gasteiger partial charge on any atom is -0.369 e. The topological polar surface area (TPSA) is 99.2 Å². The maximum atomic E-state index is 13.4. The first kappa shape index (κ1) is 20.9. The SMILES string of the molecule is CCN1CC(CNc2nc(Nc3ccc4c(c3)CC(=O)N4)ncc2C(F)(F)F)CC1=O. The maximum Gasteiger partial charge on any atom is 0.421 e. The van der Waals surface area contributed by atoms with Gasteiger partial charge in [0.25, 0.3) is 0 Å². The van der Waals surface area contributed by atoms with Crippen LogP contribution in [0.5, 0.6) is 0 Å². The van der Waals surface area contributed by atoms with E-state index in [0.29, 0.717) is 30.9 Å². The number of anilines is 4. The van der Waals surface area contributed by atoms with Gasteiger partial charge in [0, 0.05) is 49.5 Å². The minimum absolute atomic E-state index is 0.0000286. The summed E-state index contributed by atoms with van der Waals surface area (Å²) in [5.41, 5.74) is 1.07. The zero-order valence-electron chi connectivity index (χ0n) is 16.7. The van der Waals surface area contributed by atoms with Gasteiger partial charge in [0.2, 0.25) is 17.8 Å². The first-order chi connectivity index (χ1) is 14.7. The van der Waals surface area contributed by atoms with Crippen molar-refractivity contribution in [3.8, 4) is 0 Å². The van der Waals surface area contributed by atoms with Crippen molar-refractivity contribution >= 4 is 35.0 Å². The van der Waals surface area contributed by atoms with E-state index in [0.717, 1.165) is 11.8 Å². The Morgan fingerprint density at radius 1 is 1.29 bits per heavy atom. The van der Waals surface area contributed by atoms with Gasteiger partial charge >= 0.3 is 6.18 Å². The molecule has 0 saturated carbocycles. The van der Waals surface area contributed by atoms with Gasteiger partial charge in [-0.1, -0.05) is 0 Å². The second kappa shape index (κ2) is 8.05. The molecule has 3 N–H and O–H groups in total. The van der Waals surface area contributed by atoms with Crippen LogP contribution in [0.1, 0.15) is 24.5 Å². The van der Waals surface area contributed by atoms with Crippen molar-refractivity contribution in [1.29, 1.82) is 0 Å². The van der Waals surface area contributed by atoms with Crippen molar-refractivity contribution in [2.75, 3.05) is 35.6 Å². The van der Waals surface area contributed by atoms with E-state index in [4.69, 9.17) is 0 Å². The van der Waals surface area contributed by atoms with E-state index in [1.807, 2.05) is 6.92 Å². The second-order valence-electron chi connectivity index (χ2n) is 7.56. The van der Waals surface area contributed by atoms with E-state index >= 15 is 0 Å². The molecule has 3 heterocycles. The van der Waals surface area contributed by atoms with Gasteiger partial charge in [-0.2, -0.15) is 18.2 Å². The van der Waals surface area contributed by atoms with Crippen LogP contribution >= 0.6 is 0 Å². The number of benzene rings is 1. The number of likely N-dealkylation sites (tertiary alicyclic amines) is 1. The monoisotopic (exact) mass is 434 g/mol. The van der Waals surface area contributed by atoms with E-state index < -0.39 is 11.7 Å². The number of amides is 2. The molecule has 2 amide bonds. The van der Waals surface area contributed by atoms with Crippen LogP contribution in [-0.4, -0.2) is 46.3 Å². The van der Waals surface area contributed by atoms with Gasteiger partial charge in [0.1, 0.15) is 11.4 Å². The van der Waals surface area contributed by atoms with Crippen LogP contribution in [0, 0.1) is 5.92 Å². The van der Waals surface area contributed by atoms with Crippen molar-refractivity contribution in [1.82, 2.24) is 14.9 Å².